The number of halogens is 2. The van der Waals surface area contributed by atoms with Crippen molar-refractivity contribution in [1.29, 1.82) is 0 Å². The Morgan fingerprint density at radius 1 is 1.30 bits per heavy atom. The molecule has 0 spiro atoms. The molecule has 0 aromatic carbocycles. The lowest BCUT2D eigenvalue weighted by Crippen LogP contribution is -2.39. The second-order valence-electron chi connectivity index (χ2n) is 5.44. The number of rotatable bonds is 6. The van der Waals surface area contributed by atoms with Crippen LogP contribution in [0.5, 0.6) is 0 Å². The molecule has 0 N–H and O–H groups in total. The molecule has 1 aromatic heterocycles. The maximum absolute atomic E-state index is 12.5. The number of likely N-dealkylation sites (N-methyl/N-ethyl adjacent to an activating group) is 1. The average Bonchev–Trinajstić information content (AvgIpc) is 2.36. The van der Waals surface area contributed by atoms with Crippen LogP contribution < -0.4 is 0 Å². The largest absolute Gasteiger partial charge is 0.337 e. The zero-order valence-electron chi connectivity index (χ0n) is 12.4. The van der Waals surface area contributed by atoms with Gasteiger partial charge < -0.3 is 9.80 Å². The first kappa shape index (κ1) is 17.2. The summed E-state index contributed by atoms with van der Waals surface area (Å²) >= 11 is 11.7. The van der Waals surface area contributed by atoms with Gasteiger partial charge in [-0.15, -0.1) is 0 Å². The lowest BCUT2D eigenvalue weighted by molar-refractivity contribution is 0.0724. The molecule has 0 saturated carbocycles. The molecule has 0 unspecified atom stereocenters. The molecule has 1 aromatic rings. The third kappa shape index (κ3) is 5.27. The summed E-state index contributed by atoms with van der Waals surface area (Å²) in [5.74, 6) is 0.337. The standard InChI is InChI=1S/C14H21Cl2N3O/c1-10(2)9-19(6-5-18(3)4)14(20)11-7-12(15)13(16)17-8-11/h7-8,10H,5-6,9H2,1-4H3. The highest BCUT2D eigenvalue weighted by atomic mass is 35.5. The van der Waals surface area contributed by atoms with Gasteiger partial charge in [0.25, 0.3) is 5.91 Å². The Bertz CT molecular complexity index is 464. The zero-order chi connectivity index (χ0) is 15.3. The van der Waals surface area contributed by atoms with E-state index in [-0.39, 0.29) is 11.1 Å². The van der Waals surface area contributed by atoms with Crippen LogP contribution in [0.15, 0.2) is 12.3 Å². The van der Waals surface area contributed by atoms with Gasteiger partial charge in [0.1, 0.15) is 5.15 Å². The first-order valence-corrected chi connectivity index (χ1v) is 7.32. The van der Waals surface area contributed by atoms with Crippen molar-refractivity contribution in [2.75, 3.05) is 33.7 Å². The zero-order valence-corrected chi connectivity index (χ0v) is 13.9. The monoisotopic (exact) mass is 317 g/mol. The maximum Gasteiger partial charge on any atom is 0.255 e. The Kier molecular flexibility index (Phi) is 6.72. The van der Waals surface area contributed by atoms with E-state index >= 15 is 0 Å². The van der Waals surface area contributed by atoms with Crippen LogP contribution in [0.2, 0.25) is 10.2 Å². The molecule has 1 amide bonds. The molecular weight excluding hydrogens is 297 g/mol. The highest BCUT2D eigenvalue weighted by Crippen LogP contribution is 2.20. The minimum absolute atomic E-state index is 0.0633. The van der Waals surface area contributed by atoms with Gasteiger partial charge in [-0.1, -0.05) is 37.0 Å². The van der Waals surface area contributed by atoms with Crippen molar-refractivity contribution in [2.45, 2.75) is 13.8 Å². The quantitative estimate of drug-likeness (QED) is 0.757. The fraction of sp³-hybridized carbons (Fsp3) is 0.571. The van der Waals surface area contributed by atoms with Crippen molar-refractivity contribution in [3.05, 3.63) is 28.0 Å². The van der Waals surface area contributed by atoms with Crippen LogP contribution in [-0.4, -0.2) is 54.4 Å². The number of carbonyl (C=O) groups is 1. The molecule has 0 radical (unpaired) electrons. The molecular formula is C14H21Cl2N3O. The molecule has 0 bridgehead atoms. The minimum atomic E-state index is -0.0633. The Hall–Kier alpha value is -0.840. The summed E-state index contributed by atoms with van der Waals surface area (Å²) in [6.45, 7) is 6.36. The van der Waals surface area contributed by atoms with Gasteiger partial charge in [-0.25, -0.2) is 4.98 Å². The van der Waals surface area contributed by atoms with E-state index in [4.69, 9.17) is 23.2 Å². The third-order valence-electron chi connectivity index (χ3n) is 2.73. The van der Waals surface area contributed by atoms with Crippen LogP contribution in [0.3, 0.4) is 0 Å². The van der Waals surface area contributed by atoms with Gasteiger partial charge in [0.05, 0.1) is 10.6 Å². The summed E-state index contributed by atoms with van der Waals surface area (Å²) in [5, 5.41) is 0.515. The van der Waals surface area contributed by atoms with Crippen LogP contribution in [0, 0.1) is 5.92 Å². The first-order valence-electron chi connectivity index (χ1n) is 6.56. The SMILES string of the molecule is CC(C)CN(CCN(C)C)C(=O)c1cnc(Cl)c(Cl)c1. The second kappa shape index (κ2) is 7.81. The van der Waals surface area contributed by atoms with Crippen LogP contribution in [0.4, 0.5) is 0 Å². The normalized spacial score (nSPS) is 11.2. The van der Waals surface area contributed by atoms with Gasteiger partial charge >= 0.3 is 0 Å². The molecule has 6 heteroatoms. The van der Waals surface area contributed by atoms with Crippen LogP contribution in [-0.2, 0) is 0 Å². The van der Waals surface area contributed by atoms with E-state index in [1.807, 2.05) is 23.9 Å². The van der Waals surface area contributed by atoms with Gasteiger partial charge in [0.15, 0.2) is 0 Å². The highest BCUT2D eigenvalue weighted by molar-refractivity contribution is 6.41. The smallest absolute Gasteiger partial charge is 0.255 e. The molecule has 0 aliphatic rings. The van der Waals surface area contributed by atoms with Crippen molar-refractivity contribution in [3.8, 4) is 0 Å². The summed E-state index contributed by atoms with van der Waals surface area (Å²) < 4.78 is 0. The van der Waals surface area contributed by atoms with E-state index in [0.29, 0.717) is 29.6 Å². The van der Waals surface area contributed by atoms with Gasteiger partial charge in [-0.05, 0) is 26.1 Å². The molecule has 1 heterocycles. The van der Waals surface area contributed by atoms with Gasteiger partial charge in [-0.3, -0.25) is 4.79 Å². The van der Waals surface area contributed by atoms with Crippen molar-refractivity contribution in [1.82, 2.24) is 14.8 Å². The van der Waals surface area contributed by atoms with E-state index < -0.39 is 0 Å². The Morgan fingerprint density at radius 2 is 1.95 bits per heavy atom. The summed E-state index contributed by atoms with van der Waals surface area (Å²) in [7, 11) is 3.97. The van der Waals surface area contributed by atoms with Crippen LogP contribution >= 0.6 is 23.2 Å². The Balaban J connectivity index is 2.87. The summed E-state index contributed by atoms with van der Waals surface area (Å²) in [4.78, 5) is 20.3. The van der Waals surface area contributed by atoms with Crippen molar-refractivity contribution in [3.63, 3.8) is 0 Å². The topological polar surface area (TPSA) is 36.4 Å². The highest BCUT2D eigenvalue weighted by Gasteiger charge is 2.18. The summed E-state index contributed by atoms with van der Waals surface area (Å²) in [6.07, 6.45) is 1.47. The van der Waals surface area contributed by atoms with Crippen molar-refractivity contribution in [2.24, 2.45) is 5.92 Å². The van der Waals surface area contributed by atoms with E-state index in [2.05, 4.69) is 18.8 Å². The van der Waals surface area contributed by atoms with E-state index in [1.165, 1.54) is 6.20 Å². The fourth-order valence-electron chi connectivity index (χ4n) is 1.76. The predicted molar refractivity (Wildman–Crippen MR) is 83.6 cm³/mol. The molecule has 1 rings (SSSR count). The fourth-order valence-corrected chi connectivity index (χ4v) is 2.03. The molecule has 20 heavy (non-hydrogen) atoms. The maximum atomic E-state index is 12.5. The Morgan fingerprint density at radius 3 is 2.45 bits per heavy atom. The molecule has 0 aliphatic heterocycles. The number of carbonyl (C=O) groups excluding carboxylic acids is 1. The number of nitrogens with zero attached hydrogens (tertiary/aromatic N) is 3. The van der Waals surface area contributed by atoms with Crippen molar-refractivity contribution < 1.29 is 4.79 Å². The average molecular weight is 318 g/mol. The Labute approximate surface area is 130 Å². The second-order valence-corrected chi connectivity index (χ2v) is 6.21. The predicted octanol–water partition coefficient (Wildman–Crippen LogP) is 3.05. The molecule has 112 valence electrons. The number of amides is 1. The third-order valence-corrected chi connectivity index (χ3v) is 3.42. The van der Waals surface area contributed by atoms with Crippen molar-refractivity contribution >= 4 is 29.1 Å². The van der Waals surface area contributed by atoms with E-state index in [9.17, 15) is 4.79 Å². The van der Waals surface area contributed by atoms with Gasteiger partial charge in [0, 0.05) is 25.8 Å². The number of pyridine rings is 1. The molecule has 0 saturated heterocycles. The molecule has 0 atom stereocenters. The van der Waals surface area contributed by atoms with Gasteiger partial charge in [-0.2, -0.15) is 0 Å². The number of aromatic nitrogens is 1. The van der Waals surface area contributed by atoms with E-state index in [1.54, 1.807) is 6.07 Å². The number of hydrogen-bond donors (Lipinski definition) is 0. The lowest BCUT2D eigenvalue weighted by Gasteiger charge is -2.26. The molecule has 0 fully saturated rings. The van der Waals surface area contributed by atoms with Crippen LogP contribution in [0.1, 0.15) is 24.2 Å². The summed E-state index contributed by atoms with van der Waals surface area (Å²) in [5.41, 5.74) is 0.471. The minimum Gasteiger partial charge on any atom is -0.337 e. The lowest BCUT2D eigenvalue weighted by atomic mass is 10.1. The first-order chi connectivity index (χ1) is 9.31. The van der Waals surface area contributed by atoms with Crippen LogP contribution in [0.25, 0.3) is 0 Å². The number of hydrogen-bond acceptors (Lipinski definition) is 3. The van der Waals surface area contributed by atoms with Gasteiger partial charge in [0.2, 0.25) is 0 Å². The molecule has 0 aliphatic carbocycles. The molecule has 4 nitrogen and oxygen atoms in total. The summed E-state index contributed by atoms with van der Waals surface area (Å²) in [6, 6.07) is 1.57. The van der Waals surface area contributed by atoms with E-state index in [0.717, 1.165) is 6.54 Å².